The van der Waals surface area contributed by atoms with Gasteiger partial charge < -0.3 is 0 Å². The van der Waals surface area contributed by atoms with Crippen molar-refractivity contribution in [1.82, 2.24) is 0 Å². The maximum atomic E-state index is 4.16. The van der Waals surface area contributed by atoms with E-state index in [1.54, 1.807) is 0 Å². The van der Waals surface area contributed by atoms with E-state index in [2.05, 4.69) is 265 Å². The summed E-state index contributed by atoms with van der Waals surface area (Å²) in [7, 11) is -5.86. The smallest absolute Gasteiger partial charge is 0.0623 e. The van der Waals surface area contributed by atoms with Crippen LogP contribution in [0.3, 0.4) is 0 Å². The highest BCUT2D eigenvalue weighted by molar-refractivity contribution is 9.10. The molecular weight excluding hydrogens is 785 g/mol. The Hall–Kier alpha value is -6.11. The zero-order valence-electron chi connectivity index (χ0n) is 31.5. The molecule has 0 heterocycles. The van der Waals surface area contributed by atoms with Gasteiger partial charge in [-0.1, -0.05) is 253 Å². The Morgan fingerprint density at radius 1 is 0.211 bits per heavy atom. The molecule has 0 amide bonds. The first-order chi connectivity index (χ1) is 28.2. The largest absolute Gasteiger partial charge is 0.179 e. The van der Waals surface area contributed by atoms with Crippen molar-refractivity contribution < 1.29 is 0 Å². The fourth-order valence-corrected chi connectivity index (χ4v) is 19.5. The summed E-state index contributed by atoms with van der Waals surface area (Å²) in [5.41, 5.74) is 4.88. The Balaban J connectivity index is 1.36. The highest BCUT2D eigenvalue weighted by Gasteiger charge is 2.45. The molecule has 9 aromatic carbocycles. The lowest BCUT2D eigenvalue weighted by molar-refractivity contribution is 1.61. The van der Waals surface area contributed by atoms with Gasteiger partial charge in [-0.2, -0.15) is 0 Å². The molecule has 0 saturated carbocycles. The molecule has 0 atom stereocenters. The van der Waals surface area contributed by atoms with E-state index in [9.17, 15) is 0 Å². The minimum Gasteiger partial charge on any atom is -0.0623 e. The van der Waals surface area contributed by atoms with E-state index in [-0.39, 0.29) is 0 Å². The normalized spacial score (nSPS) is 11.6. The third kappa shape index (κ3) is 6.78. The van der Waals surface area contributed by atoms with E-state index in [0.29, 0.717) is 0 Å². The summed E-state index contributed by atoms with van der Waals surface area (Å²) < 4.78 is 1.09. The molecule has 9 rings (SSSR count). The molecule has 0 spiro atoms. The second kappa shape index (κ2) is 16.2. The first kappa shape index (κ1) is 36.5. The lowest BCUT2D eigenvalue weighted by Gasteiger charge is -2.38. The van der Waals surface area contributed by atoms with Gasteiger partial charge in [0.05, 0.1) is 0 Å². The van der Waals surface area contributed by atoms with E-state index in [1.165, 1.54) is 63.7 Å². The van der Waals surface area contributed by atoms with Gasteiger partial charge in [0.2, 0.25) is 0 Å². The average molecular weight is 826 g/mol. The van der Waals surface area contributed by atoms with Crippen LogP contribution in [0.25, 0.3) is 22.3 Å². The minimum absolute atomic E-state index is 1.09. The molecule has 9 aromatic rings. The van der Waals surface area contributed by atoms with Crippen molar-refractivity contribution in [3.8, 4) is 22.3 Å². The van der Waals surface area contributed by atoms with Crippen LogP contribution in [-0.2, 0) is 0 Å². The predicted octanol–water partition coefficient (Wildman–Crippen LogP) is 8.54. The highest BCUT2D eigenvalue weighted by Crippen LogP contribution is 2.22. The molecule has 272 valence electrons. The summed E-state index contributed by atoms with van der Waals surface area (Å²) in [5.74, 6) is 0. The molecule has 0 aliphatic rings. The van der Waals surface area contributed by atoms with Gasteiger partial charge in [-0.15, -0.1) is 0 Å². The van der Waals surface area contributed by atoms with Crippen molar-refractivity contribution >= 4 is 73.6 Å². The zero-order chi connectivity index (χ0) is 38.5. The molecule has 0 N–H and O–H groups in total. The third-order valence-corrected chi connectivity index (χ3v) is 21.4. The first-order valence-corrected chi connectivity index (χ1v) is 24.3. The molecular formula is C54H41BrSi2. The van der Waals surface area contributed by atoms with E-state index >= 15 is 0 Å². The molecule has 0 aliphatic heterocycles. The van der Waals surface area contributed by atoms with Crippen molar-refractivity contribution in [3.05, 3.63) is 253 Å². The van der Waals surface area contributed by atoms with Crippen LogP contribution in [0, 0.1) is 0 Å². The molecule has 0 saturated heterocycles. The molecule has 3 heteroatoms. The minimum atomic E-state index is -2.93. The fraction of sp³-hybridized carbons (Fsp3) is 0. The van der Waals surface area contributed by atoms with Crippen molar-refractivity contribution in [2.75, 3.05) is 0 Å². The Morgan fingerprint density at radius 3 is 0.719 bits per heavy atom. The summed E-state index contributed by atoms with van der Waals surface area (Å²) in [6.07, 6.45) is 0. The summed E-state index contributed by atoms with van der Waals surface area (Å²) >= 11 is 4.16. The monoisotopic (exact) mass is 824 g/mol. The van der Waals surface area contributed by atoms with Gasteiger partial charge >= 0.3 is 0 Å². The molecule has 0 nitrogen and oxygen atoms in total. The highest BCUT2D eigenvalue weighted by atomic mass is 79.9. The quantitative estimate of drug-likeness (QED) is 0.0959. The van der Waals surface area contributed by atoms with Crippen LogP contribution >= 0.6 is 15.9 Å². The molecule has 57 heavy (non-hydrogen) atoms. The van der Waals surface area contributed by atoms with Crippen molar-refractivity contribution in [2.45, 2.75) is 0 Å². The van der Waals surface area contributed by atoms with Gasteiger partial charge in [0, 0.05) is 4.47 Å². The maximum absolute atomic E-state index is 4.16. The van der Waals surface area contributed by atoms with E-state index in [4.69, 9.17) is 0 Å². The van der Waals surface area contributed by atoms with Crippen LogP contribution in [0.2, 0.25) is 0 Å². The van der Waals surface area contributed by atoms with Crippen LogP contribution in [0.5, 0.6) is 0 Å². The first-order valence-electron chi connectivity index (χ1n) is 19.5. The molecule has 0 aromatic heterocycles. The van der Waals surface area contributed by atoms with Crippen LogP contribution < -0.4 is 41.5 Å². The van der Waals surface area contributed by atoms with E-state index in [0.717, 1.165) is 4.47 Å². The lowest BCUT2D eigenvalue weighted by Crippen LogP contribution is -2.78. The van der Waals surface area contributed by atoms with Crippen molar-refractivity contribution in [1.29, 1.82) is 0 Å². The van der Waals surface area contributed by atoms with Gasteiger partial charge in [-0.05, 0) is 75.9 Å². The lowest BCUT2D eigenvalue weighted by atomic mass is 10.1. The summed E-state index contributed by atoms with van der Waals surface area (Å²) in [6.45, 7) is 0. The van der Waals surface area contributed by atoms with Crippen LogP contribution in [0.4, 0.5) is 0 Å². The van der Waals surface area contributed by atoms with Gasteiger partial charge in [0.15, 0.2) is 16.1 Å². The standard InChI is InChI=1S/C54H41BrSi2/c55-46-39-53(56(47-23-11-3-12-24-47,48-25-13-4-14-26-48)51-35-31-44(32-36-51)42-19-7-1-8-20-42)41-54(40-46)57(49-27-15-5-16-28-49,50-29-17-6-18-30-50)52-37-33-45(34-38-52)43-21-9-2-10-22-43/h1-41H. The Morgan fingerprint density at radius 2 is 0.439 bits per heavy atom. The number of benzene rings is 9. The Bertz CT molecular complexity index is 2420. The van der Waals surface area contributed by atoms with Gasteiger partial charge in [0.25, 0.3) is 0 Å². The molecule has 0 radical (unpaired) electrons. The second-order valence-electron chi connectivity index (χ2n) is 14.6. The summed E-state index contributed by atoms with van der Waals surface area (Å²) in [4.78, 5) is 0. The maximum Gasteiger partial charge on any atom is 0.179 e. The van der Waals surface area contributed by atoms with Gasteiger partial charge in [-0.25, -0.2) is 0 Å². The van der Waals surface area contributed by atoms with Gasteiger partial charge in [0.1, 0.15) is 0 Å². The number of rotatable bonds is 10. The average Bonchev–Trinajstić information content (AvgIpc) is 3.29. The Labute approximate surface area is 347 Å². The number of hydrogen-bond acceptors (Lipinski definition) is 0. The topological polar surface area (TPSA) is 0 Å². The second-order valence-corrected chi connectivity index (χ2v) is 23.1. The third-order valence-electron chi connectivity index (χ3n) is 11.4. The van der Waals surface area contributed by atoms with Crippen LogP contribution in [-0.4, -0.2) is 16.1 Å². The fourth-order valence-electron chi connectivity index (χ4n) is 8.86. The zero-order valence-corrected chi connectivity index (χ0v) is 35.1. The van der Waals surface area contributed by atoms with Crippen LogP contribution in [0.15, 0.2) is 253 Å². The predicted molar refractivity (Wildman–Crippen MR) is 252 cm³/mol. The SMILES string of the molecule is Brc1cc([Si](c2ccccc2)(c2ccccc2)c2ccc(-c3ccccc3)cc2)cc([Si](c2ccccc2)(c2ccccc2)c2ccc(-c3ccccc3)cc2)c1. The summed E-state index contributed by atoms with van der Waals surface area (Å²) in [5, 5.41) is 10.8. The molecule has 0 unspecified atom stereocenters. The Kier molecular flexibility index (Phi) is 10.4. The van der Waals surface area contributed by atoms with Gasteiger partial charge in [-0.3, -0.25) is 0 Å². The number of hydrogen-bond donors (Lipinski definition) is 0. The number of halogens is 1. The molecule has 0 fully saturated rings. The van der Waals surface area contributed by atoms with Crippen molar-refractivity contribution in [2.24, 2.45) is 0 Å². The summed E-state index contributed by atoms with van der Waals surface area (Å²) in [6, 6.07) is 92.7. The van der Waals surface area contributed by atoms with E-state index in [1.807, 2.05) is 0 Å². The van der Waals surface area contributed by atoms with Crippen LogP contribution in [0.1, 0.15) is 0 Å². The van der Waals surface area contributed by atoms with E-state index < -0.39 is 16.1 Å². The molecule has 0 bridgehead atoms. The molecule has 0 aliphatic carbocycles. The van der Waals surface area contributed by atoms with Crippen molar-refractivity contribution in [3.63, 3.8) is 0 Å².